The normalized spacial score (nSPS) is 10.9. The van der Waals surface area contributed by atoms with Gasteiger partial charge in [-0.1, -0.05) is 19.4 Å². The van der Waals surface area contributed by atoms with E-state index in [-0.39, 0.29) is 11.5 Å². The maximum atomic E-state index is 13.1. The first-order valence-electron chi connectivity index (χ1n) is 9.49. The molecule has 8 heteroatoms. The van der Waals surface area contributed by atoms with E-state index in [1.165, 1.54) is 16.5 Å². The molecule has 3 aromatic rings. The molecule has 0 aliphatic rings. The van der Waals surface area contributed by atoms with Gasteiger partial charge in [0.25, 0.3) is 11.5 Å². The molecule has 0 aliphatic carbocycles. The number of nitrogens with two attached hydrogens (primary N) is 1. The van der Waals surface area contributed by atoms with Crippen molar-refractivity contribution in [3.8, 4) is 5.69 Å². The molecule has 0 saturated heterocycles. The second-order valence-electron chi connectivity index (χ2n) is 6.95. The van der Waals surface area contributed by atoms with Crippen molar-refractivity contribution in [3.63, 3.8) is 0 Å². The van der Waals surface area contributed by atoms with Crippen molar-refractivity contribution in [2.45, 2.75) is 33.2 Å². The Morgan fingerprint density at radius 2 is 1.90 bits per heavy atom. The lowest BCUT2D eigenvalue weighted by atomic mass is 10.1. The number of nitrogen functional groups attached to an aromatic ring is 1. The molecule has 0 spiro atoms. The molecule has 8 nitrogen and oxygen atoms in total. The average molecular weight is 395 g/mol. The van der Waals surface area contributed by atoms with Crippen LogP contribution in [0.5, 0.6) is 0 Å². The van der Waals surface area contributed by atoms with Gasteiger partial charge in [0, 0.05) is 37.2 Å². The lowest BCUT2D eigenvalue weighted by Gasteiger charge is -2.21. The number of H-pyrrole nitrogens is 1. The lowest BCUT2D eigenvalue weighted by molar-refractivity contribution is 0.0992. The molecule has 0 unspecified atom stereocenters. The van der Waals surface area contributed by atoms with Crippen LogP contribution in [0.1, 0.15) is 35.7 Å². The van der Waals surface area contributed by atoms with Crippen LogP contribution in [-0.4, -0.2) is 27.1 Å². The number of aromatic nitrogens is 3. The highest BCUT2D eigenvalue weighted by Crippen LogP contribution is 2.21. The second-order valence-corrected chi connectivity index (χ2v) is 6.95. The molecule has 0 fully saturated rings. The molecule has 29 heavy (non-hydrogen) atoms. The van der Waals surface area contributed by atoms with Gasteiger partial charge in [-0.3, -0.25) is 19.1 Å². The molecular weight excluding hydrogens is 370 g/mol. The van der Waals surface area contributed by atoms with E-state index in [0.717, 1.165) is 24.1 Å². The van der Waals surface area contributed by atoms with Crippen molar-refractivity contribution in [1.82, 2.24) is 14.1 Å². The van der Waals surface area contributed by atoms with E-state index in [4.69, 9.17) is 5.73 Å². The van der Waals surface area contributed by atoms with Gasteiger partial charge in [0.15, 0.2) is 5.69 Å². The fourth-order valence-corrected chi connectivity index (χ4v) is 3.25. The predicted molar refractivity (Wildman–Crippen MR) is 114 cm³/mol. The third-order valence-corrected chi connectivity index (χ3v) is 4.93. The molecule has 0 bridgehead atoms. The van der Waals surface area contributed by atoms with Crippen molar-refractivity contribution < 1.29 is 4.79 Å². The minimum atomic E-state index is -0.686. The van der Waals surface area contributed by atoms with Crippen LogP contribution in [-0.2, 0) is 6.54 Å². The van der Waals surface area contributed by atoms with Gasteiger partial charge in [-0.15, -0.1) is 0 Å². The molecule has 3 rings (SSSR count). The first-order valence-corrected chi connectivity index (χ1v) is 9.49. The Morgan fingerprint density at radius 1 is 1.21 bits per heavy atom. The average Bonchev–Trinajstić information content (AvgIpc) is 3.22. The van der Waals surface area contributed by atoms with E-state index < -0.39 is 17.2 Å². The topological polar surface area (TPSA) is 106 Å². The Balaban J connectivity index is 2.02. The van der Waals surface area contributed by atoms with Crippen LogP contribution >= 0.6 is 0 Å². The summed E-state index contributed by atoms with van der Waals surface area (Å²) < 4.78 is 3.21. The third-order valence-electron chi connectivity index (χ3n) is 4.93. The maximum absolute atomic E-state index is 13.1. The zero-order chi connectivity index (χ0) is 21.1. The Labute approximate surface area is 168 Å². The fraction of sp³-hybridized carbons (Fsp3) is 0.286. The van der Waals surface area contributed by atoms with Crippen LogP contribution < -0.4 is 21.9 Å². The molecule has 1 amide bonds. The number of carbonyl (C=O) groups is 1. The number of hydrogen-bond acceptors (Lipinski definition) is 4. The van der Waals surface area contributed by atoms with Crippen LogP contribution in [0.15, 0.2) is 52.3 Å². The number of anilines is 2. The highest BCUT2D eigenvalue weighted by atomic mass is 16.2. The zero-order valence-electron chi connectivity index (χ0n) is 16.8. The maximum Gasteiger partial charge on any atom is 0.330 e. The van der Waals surface area contributed by atoms with Gasteiger partial charge in [-0.05, 0) is 43.2 Å². The molecule has 3 N–H and O–H groups in total. The van der Waals surface area contributed by atoms with Crippen molar-refractivity contribution in [3.05, 3.63) is 74.7 Å². The Morgan fingerprint density at radius 3 is 2.55 bits per heavy atom. The number of aromatic amines is 1. The molecule has 2 aromatic heterocycles. The number of carbonyl (C=O) groups excluding carboxylic acids is 1. The molecule has 0 radical (unpaired) electrons. The number of aryl methyl sites for hydroxylation is 1. The van der Waals surface area contributed by atoms with E-state index in [2.05, 4.69) is 4.98 Å². The minimum absolute atomic E-state index is 0.0132. The summed E-state index contributed by atoms with van der Waals surface area (Å²) in [6, 6.07) is 9.14. The molecule has 0 aliphatic heterocycles. The fourth-order valence-electron chi connectivity index (χ4n) is 3.25. The van der Waals surface area contributed by atoms with Gasteiger partial charge in [0.2, 0.25) is 0 Å². The van der Waals surface area contributed by atoms with Crippen LogP contribution in [0.4, 0.5) is 11.5 Å². The van der Waals surface area contributed by atoms with E-state index in [1.54, 1.807) is 12.1 Å². The number of nitrogens with zero attached hydrogens (tertiary/aromatic N) is 3. The van der Waals surface area contributed by atoms with Gasteiger partial charge in [0.1, 0.15) is 5.82 Å². The van der Waals surface area contributed by atoms with Crippen LogP contribution in [0.25, 0.3) is 5.69 Å². The Bertz CT molecular complexity index is 1140. The SMILES string of the molecule is CCCCn1c(N)c(N(C)C(=O)c2ccc(C)c(-n3cccc3)c2)c(=O)[nH]c1=O. The predicted octanol–water partition coefficient (Wildman–Crippen LogP) is 2.29. The number of unbranched alkanes of at least 4 members (excludes halogenated alkanes) is 1. The summed E-state index contributed by atoms with van der Waals surface area (Å²) in [5.74, 6) is -0.405. The molecule has 152 valence electrons. The van der Waals surface area contributed by atoms with E-state index in [9.17, 15) is 14.4 Å². The molecule has 0 saturated carbocycles. The number of nitrogens with one attached hydrogen (secondary N) is 1. The quantitative estimate of drug-likeness (QED) is 0.668. The van der Waals surface area contributed by atoms with Crippen molar-refractivity contribution in [1.29, 1.82) is 0 Å². The number of rotatable bonds is 6. The second kappa shape index (κ2) is 8.22. The van der Waals surface area contributed by atoms with E-state index in [1.807, 2.05) is 49.0 Å². The van der Waals surface area contributed by atoms with Gasteiger partial charge >= 0.3 is 5.69 Å². The molecular formula is C21H25N5O3. The van der Waals surface area contributed by atoms with Crippen molar-refractivity contribution in [2.75, 3.05) is 17.7 Å². The monoisotopic (exact) mass is 395 g/mol. The van der Waals surface area contributed by atoms with Crippen molar-refractivity contribution in [2.24, 2.45) is 0 Å². The summed E-state index contributed by atoms with van der Waals surface area (Å²) in [6.07, 6.45) is 5.38. The minimum Gasteiger partial charge on any atom is -0.383 e. The Kier molecular flexibility index (Phi) is 5.72. The highest BCUT2D eigenvalue weighted by molar-refractivity contribution is 6.07. The van der Waals surface area contributed by atoms with Gasteiger partial charge in [-0.25, -0.2) is 4.79 Å². The summed E-state index contributed by atoms with van der Waals surface area (Å²) in [6.45, 7) is 4.32. The van der Waals surface area contributed by atoms with E-state index >= 15 is 0 Å². The number of benzene rings is 1. The lowest BCUT2D eigenvalue weighted by Crippen LogP contribution is -2.39. The van der Waals surface area contributed by atoms with Gasteiger partial charge < -0.3 is 15.2 Å². The smallest absolute Gasteiger partial charge is 0.330 e. The van der Waals surface area contributed by atoms with Gasteiger partial charge in [0.05, 0.1) is 0 Å². The summed E-state index contributed by atoms with van der Waals surface area (Å²) in [4.78, 5) is 41.1. The summed E-state index contributed by atoms with van der Waals surface area (Å²) in [7, 11) is 1.48. The molecule has 0 atom stereocenters. The summed E-state index contributed by atoms with van der Waals surface area (Å²) >= 11 is 0. The van der Waals surface area contributed by atoms with E-state index in [0.29, 0.717) is 12.1 Å². The van der Waals surface area contributed by atoms with Crippen LogP contribution in [0, 0.1) is 6.92 Å². The standard InChI is InChI=1S/C21H25N5O3/c1-4-5-12-26-18(22)17(19(27)23-21(26)29)24(3)20(28)15-9-8-14(2)16(13-15)25-10-6-7-11-25/h6-11,13H,4-5,12,22H2,1-3H3,(H,23,27,29). The van der Waals surface area contributed by atoms with Crippen LogP contribution in [0.3, 0.4) is 0 Å². The third kappa shape index (κ3) is 3.87. The first-order chi connectivity index (χ1) is 13.8. The molecule has 1 aromatic carbocycles. The number of amides is 1. The largest absolute Gasteiger partial charge is 0.383 e. The summed E-state index contributed by atoms with van der Waals surface area (Å²) in [5, 5.41) is 0. The first kappa shape index (κ1) is 20.2. The summed E-state index contributed by atoms with van der Waals surface area (Å²) in [5.41, 5.74) is 7.11. The molecule has 2 heterocycles. The number of hydrogen-bond donors (Lipinski definition) is 2. The highest BCUT2D eigenvalue weighted by Gasteiger charge is 2.22. The van der Waals surface area contributed by atoms with Crippen molar-refractivity contribution >= 4 is 17.4 Å². The van der Waals surface area contributed by atoms with Gasteiger partial charge in [-0.2, -0.15) is 0 Å². The Hall–Kier alpha value is -3.55. The van der Waals surface area contributed by atoms with Crippen LogP contribution in [0.2, 0.25) is 0 Å². The zero-order valence-corrected chi connectivity index (χ0v) is 16.8.